The van der Waals surface area contributed by atoms with Crippen molar-refractivity contribution in [3.05, 3.63) is 35.0 Å². The van der Waals surface area contributed by atoms with Crippen LogP contribution in [-0.2, 0) is 6.54 Å². The smallest absolute Gasteiger partial charge is 0.116 e. The molecule has 0 bridgehead atoms. The quantitative estimate of drug-likeness (QED) is 0.904. The van der Waals surface area contributed by atoms with Crippen molar-refractivity contribution in [2.45, 2.75) is 47.1 Å². The molecule has 0 atom stereocenters. The Morgan fingerprint density at radius 2 is 1.79 bits per heavy atom. The molecule has 1 aromatic heterocycles. The fourth-order valence-electron chi connectivity index (χ4n) is 2.62. The number of nitrogens with two attached hydrogens (primary N) is 1. The topological polar surface area (TPSA) is 43.8 Å². The number of aromatic nitrogens is 2. The summed E-state index contributed by atoms with van der Waals surface area (Å²) in [5, 5.41) is 4.66. The van der Waals surface area contributed by atoms with E-state index in [9.17, 15) is 0 Å². The normalized spacial score (nSPS) is 10.9. The van der Waals surface area contributed by atoms with Crippen LogP contribution in [0.15, 0.2) is 18.3 Å². The van der Waals surface area contributed by atoms with Crippen LogP contribution in [0.5, 0.6) is 0 Å². The molecule has 0 aliphatic carbocycles. The van der Waals surface area contributed by atoms with Crippen LogP contribution in [0.4, 0.5) is 5.69 Å². The van der Waals surface area contributed by atoms with Crippen molar-refractivity contribution in [3.8, 4) is 11.3 Å². The molecule has 1 heterocycles. The van der Waals surface area contributed by atoms with Gasteiger partial charge in [-0.1, -0.05) is 31.0 Å². The largest absolute Gasteiger partial charge is 0.396 e. The van der Waals surface area contributed by atoms with E-state index in [1.165, 1.54) is 22.3 Å². The fraction of sp³-hybridized carbons (Fsp3) is 0.438. The Morgan fingerprint density at radius 1 is 1.16 bits per heavy atom. The van der Waals surface area contributed by atoms with Crippen LogP contribution >= 0.6 is 0 Å². The van der Waals surface area contributed by atoms with Crippen molar-refractivity contribution >= 4 is 5.69 Å². The van der Waals surface area contributed by atoms with E-state index in [-0.39, 0.29) is 0 Å². The van der Waals surface area contributed by atoms with Crippen LogP contribution in [0.2, 0.25) is 0 Å². The predicted molar refractivity (Wildman–Crippen MR) is 81.2 cm³/mol. The Kier molecular flexibility index (Phi) is 3.93. The van der Waals surface area contributed by atoms with Crippen molar-refractivity contribution in [1.29, 1.82) is 0 Å². The van der Waals surface area contributed by atoms with E-state index >= 15 is 0 Å². The van der Waals surface area contributed by atoms with Gasteiger partial charge >= 0.3 is 0 Å². The van der Waals surface area contributed by atoms with Crippen LogP contribution in [0.25, 0.3) is 11.3 Å². The third-order valence-corrected chi connectivity index (χ3v) is 3.44. The first-order valence-corrected chi connectivity index (χ1v) is 6.94. The van der Waals surface area contributed by atoms with E-state index in [0.717, 1.165) is 30.8 Å². The minimum absolute atomic E-state index is 0.770. The van der Waals surface area contributed by atoms with Gasteiger partial charge in [0, 0.05) is 18.3 Å². The highest BCUT2D eigenvalue weighted by Crippen LogP contribution is 2.31. The fourth-order valence-corrected chi connectivity index (χ4v) is 2.62. The number of hydrogen-bond acceptors (Lipinski definition) is 2. The third-order valence-electron chi connectivity index (χ3n) is 3.44. The second-order valence-corrected chi connectivity index (χ2v) is 5.32. The monoisotopic (exact) mass is 257 g/mol. The maximum absolute atomic E-state index is 6.14. The Bertz CT molecular complexity index is 559. The van der Waals surface area contributed by atoms with Gasteiger partial charge in [-0.25, -0.2) is 0 Å². The molecule has 0 aliphatic rings. The molecule has 3 heteroatoms. The zero-order chi connectivity index (χ0) is 14.0. The van der Waals surface area contributed by atoms with Crippen molar-refractivity contribution in [1.82, 2.24) is 9.78 Å². The molecule has 0 unspecified atom stereocenters. The van der Waals surface area contributed by atoms with Crippen molar-refractivity contribution < 1.29 is 0 Å². The number of benzene rings is 1. The van der Waals surface area contributed by atoms with Gasteiger partial charge in [-0.05, 0) is 38.3 Å². The molecule has 0 aliphatic heterocycles. The SMILES string of the molecule is CCCCn1cc(N)c(-c2c(C)cc(C)cc2C)n1. The van der Waals surface area contributed by atoms with Crippen LogP contribution in [0.3, 0.4) is 0 Å². The molecule has 102 valence electrons. The van der Waals surface area contributed by atoms with Gasteiger partial charge in [0.05, 0.1) is 5.69 Å². The molecule has 2 N–H and O–H groups in total. The van der Waals surface area contributed by atoms with E-state index in [2.05, 4.69) is 44.9 Å². The first kappa shape index (κ1) is 13.7. The summed E-state index contributed by atoms with van der Waals surface area (Å²) in [5.41, 5.74) is 12.8. The summed E-state index contributed by atoms with van der Waals surface area (Å²) in [4.78, 5) is 0. The van der Waals surface area contributed by atoms with Gasteiger partial charge in [0.2, 0.25) is 0 Å². The molecule has 0 spiro atoms. The number of aryl methyl sites for hydroxylation is 4. The summed E-state index contributed by atoms with van der Waals surface area (Å²) in [6.45, 7) is 9.49. The lowest BCUT2D eigenvalue weighted by molar-refractivity contribution is 0.573. The molecule has 0 amide bonds. The summed E-state index contributed by atoms with van der Waals surface area (Å²) >= 11 is 0. The summed E-state index contributed by atoms with van der Waals surface area (Å²) in [6.07, 6.45) is 4.24. The molecule has 0 radical (unpaired) electrons. The molecular formula is C16H23N3. The van der Waals surface area contributed by atoms with Gasteiger partial charge < -0.3 is 5.73 Å². The number of hydrogen-bond donors (Lipinski definition) is 1. The van der Waals surface area contributed by atoms with Crippen LogP contribution in [-0.4, -0.2) is 9.78 Å². The van der Waals surface area contributed by atoms with Crippen molar-refractivity contribution in [3.63, 3.8) is 0 Å². The first-order chi connectivity index (χ1) is 9.02. The maximum atomic E-state index is 6.14. The molecule has 0 saturated heterocycles. The number of nitrogen functional groups attached to an aromatic ring is 1. The minimum Gasteiger partial charge on any atom is -0.396 e. The average molecular weight is 257 g/mol. The van der Waals surface area contributed by atoms with Crippen LogP contribution in [0, 0.1) is 20.8 Å². The Balaban J connectivity index is 2.44. The first-order valence-electron chi connectivity index (χ1n) is 6.94. The Hall–Kier alpha value is -1.77. The number of unbranched alkanes of at least 4 members (excludes halogenated alkanes) is 1. The molecule has 3 nitrogen and oxygen atoms in total. The summed E-state index contributed by atoms with van der Waals surface area (Å²) in [6, 6.07) is 4.37. The molecule has 0 fully saturated rings. The highest BCUT2D eigenvalue weighted by molar-refractivity contribution is 5.77. The lowest BCUT2D eigenvalue weighted by atomic mass is 9.97. The van der Waals surface area contributed by atoms with Gasteiger partial charge in [0.1, 0.15) is 5.69 Å². The zero-order valence-corrected chi connectivity index (χ0v) is 12.3. The van der Waals surface area contributed by atoms with E-state index in [1.54, 1.807) is 0 Å². The summed E-state index contributed by atoms with van der Waals surface area (Å²) in [7, 11) is 0. The van der Waals surface area contributed by atoms with Gasteiger partial charge in [-0.15, -0.1) is 0 Å². The molecule has 1 aromatic carbocycles. The molecule has 19 heavy (non-hydrogen) atoms. The van der Waals surface area contributed by atoms with Crippen LogP contribution < -0.4 is 5.73 Å². The molecule has 0 saturated carbocycles. The lowest BCUT2D eigenvalue weighted by Crippen LogP contribution is -1.99. The summed E-state index contributed by atoms with van der Waals surface area (Å²) < 4.78 is 1.97. The number of nitrogens with zero attached hydrogens (tertiary/aromatic N) is 2. The summed E-state index contributed by atoms with van der Waals surface area (Å²) in [5.74, 6) is 0. The molecule has 2 aromatic rings. The van der Waals surface area contributed by atoms with Crippen LogP contribution in [0.1, 0.15) is 36.5 Å². The minimum atomic E-state index is 0.770. The van der Waals surface area contributed by atoms with Gasteiger partial charge in [0.25, 0.3) is 0 Å². The van der Waals surface area contributed by atoms with E-state index in [0.29, 0.717) is 0 Å². The zero-order valence-electron chi connectivity index (χ0n) is 12.3. The predicted octanol–water partition coefficient (Wildman–Crippen LogP) is 3.86. The van der Waals surface area contributed by atoms with Gasteiger partial charge in [0.15, 0.2) is 0 Å². The Morgan fingerprint density at radius 3 is 2.37 bits per heavy atom. The maximum Gasteiger partial charge on any atom is 0.116 e. The second kappa shape index (κ2) is 5.47. The van der Waals surface area contributed by atoms with E-state index < -0.39 is 0 Å². The second-order valence-electron chi connectivity index (χ2n) is 5.32. The van der Waals surface area contributed by atoms with Gasteiger partial charge in [-0.2, -0.15) is 5.10 Å². The lowest BCUT2D eigenvalue weighted by Gasteiger charge is -2.09. The highest BCUT2D eigenvalue weighted by atomic mass is 15.3. The molecular weight excluding hydrogens is 234 g/mol. The van der Waals surface area contributed by atoms with Crippen molar-refractivity contribution in [2.75, 3.05) is 5.73 Å². The van der Waals surface area contributed by atoms with E-state index in [4.69, 9.17) is 5.73 Å². The number of anilines is 1. The number of rotatable bonds is 4. The molecule has 2 rings (SSSR count). The average Bonchev–Trinajstić information content (AvgIpc) is 2.67. The Labute approximate surface area is 115 Å². The van der Waals surface area contributed by atoms with Gasteiger partial charge in [-0.3, -0.25) is 4.68 Å². The standard InChI is InChI=1S/C16H23N3/c1-5-6-7-19-10-14(17)16(18-19)15-12(3)8-11(2)9-13(15)4/h8-10H,5-7,17H2,1-4H3. The highest BCUT2D eigenvalue weighted by Gasteiger charge is 2.13. The van der Waals surface area contributed by atoms with E-state index in [1.807, 2.05) is 10.9 Å². The van der Waals surface area contributed by atoms with Crippen molar-refractivity contribution in [2.24, 2.45) is 0 Å². The third kappa shape index (κ3) is 2.80.